The average molecular weight is 326 g/mol. The Kier molecular flexibility index (Phi) is 5.33. The lowest BCUT2D eigenvalue weighted by atomic mass is 10.1. The molecule has 0 aromatic heterocycles. The van der Waals surface area contributed by atoms with Gasteiger partial charge in [0, 0.05) is 29.9 Å². The molecule has 126 valence electrons. The highest BCUT2D eigenvalue weighted by atomic mass is 16.5. The molecule has 3 rings (SSSR count). The van der Waals surface area contributed by atoms with Gasteiger partial charge in [0.15, 0.2) is 0 Å². The third-order valence-corrected chi connectivity index (χ3v) is 3.74. The number of carbonyl (C=O) groups excluding carboxylic acids is 1. The van der Waals surface area contributed by atoms with Gasteiger partial charge in [0.2, 0.25) is 0 Å². The summed E-state index contributed by atoms with van der Waals surface area (Å²) in [5.74, 6) is 1.43. The van der Waals surface area contributed by atoms with Crippen LogP contribution in [0.15, 0.2) is 42.5 Å². The summed E-state index contributed by atoms with van der Waals surface area (Å²) in [4.78, 5) is 12.5. The molecule has 24 heavy (non-hydrogen) atoms. The van der Waals surface area contributed by atoms with Gasteiger partial charge in [-0.1, -0.05) is 13.0 Å². The van der Waals surface area contributed by atoms with E-state index in [9.17, 15) is 4.79 Å². The van der Waals surface area contributed by atoms with Crippen LogP contribution in [0, 0.1) is 0 Å². The monoisotopic (exact) mass is 326 g/mol. The van der Waals surface area contributed by atoms with Gasteiger partial charge in [0.1, 0.15) is 18.1 Å². The van der Waals surface area contributed by atoms with Crippen LogP contribution in [0.4, 0.5) is 5.69 Å². The van der Waals surface area contributed by atoms with Crippen molar-refractivity contribution >= 4 is 11.6 Å². The Morgan fingerprint density at radius 2 is 2.21 bits per heavy atom. The molecule has 5 heteroatoms. The molecule has 0 spiro atoms. The first-order valence-electron chi connectivity index (χ1n) is 8.27. The third kappa shape index (κ3) is 4.06. The van der Waals surface area contributed by atoms with Crippen molar-refractivity contribution in [3.05, 3.63) is 53.6 Å². The number of amides is 1. The fraction of sp³-hybridized carbons (Fsp3) is 0.316. The number of ether oxygens (including phenoxy) is 2. The van der Waals surface area contributed by atoms with Crippen LogP contribution in [0.1, 0.15) is 29.3 Å². The molecule has 1 aliphatic heterocycles. The van der Waals surface area contributed by atoms with Crippen molar-refractivity contribution in [3.63, 3.8) is 0 Å². The molecule has 1 amide bonds. The molecular formula is C19H22N2O3. The Labute approximate surface area is 142 Å². The van der Waals surface area contributed by atoms with Gasteiger partial charge in [-0.15, -0.1) is 0 Å². The number of anilines is 1. The summed E-state index contributed by atoms with van der Waals surface area (Å²) in [6.45, 7) is 4.90. The van der Waals surface area contributed by atoms with Crippen LogP contribution in [-0.2, 0) is 6.54 Å². The molecule has 0 fully saturated rings. The van der Waals surface area contributed by atoms with E-state index in [2.05, 4.69) is 10.6 Å². The lowest BCUT2D eigenvalue weighted by Crippen LogP contribution is -2.16. The molecule has 0 saturated carbocycles. The SMILES string of the molecule is CCCOc1cccc(C(=O)Nc2ccc3c(c2)CNCCO3)c1. The Balaban J connectivity index is 1.71. The largest absolute Gasteiger partial charge is 0.494 e. The molecule has 0 radical (unpaired) electrons. The molecule has 2 aromatic carbocycles. The fourth-order valence-corrected chi connectivity index (χ4v) is 2.54. The molecule has 2 aromatic rings. The van der Waals surface area contributed by atoms with E-state index in [1.807, 2.05) is 37.3 Å². The zero-order valence-corrected chi connectivity index (χ0v) is 13.8. The summed E-state index contributed by atoms with van der Waals surface area (Å²) < 4.78 is 11.2. The molecule has 2 N–H and O–H groups in total. The van der Waals surface area contributed by atoms with Crippen LogP contribution < -0.4 is 20.1 Å². The zero-order chi connectivity index (χ0) is 16.8. The van der Waals surface area contributed by atoms with E-state index in [1.54, 1.807) is 12.1 Å². The summed E-state index contributed by atoms with van der Waals surface area (Å²) in [5, 5.41) is 6.22. The van der Waals surface area contributed by atoms with Gasteiger partial charge in [0.05, 0.1) is 6.61 Å². The van der Waals surface area contributed by atoms with Crippen molar-refractivity contribution < 1.29 is 14.3 Å². The number of rotatable bonds is 5. The van der Waals surface area contributed by atoms with Crippen molar-refractivity contribution in [1.29, 1.82) is 0 Å². The van der Waals surface area contributed by atoms with Crippen LogP contribution in [0.3, 0.4) is 0 Å². The van der Waals surface area contributed by atoms with Crippen molar-refractivity contribution in [2.75, 3.05) is 25.1 Å². The molecular weight excluding hydrogens is 304 g/mol. The lowest BCUT2D eigenvalue weighted by Gasteiger charge is -2.11. The fourth-order valence-electron chi connectivity index (χ4n) is 2.54. The minimum absolute atomic E-state index is 0.153. The lowest BCUT2D eigenvalue weighted by molar-refractivity contribution is 0.102. The van der Waals surface area contributed by atoms with Gasteiger partial charge in [-0.25, -0.2) is 0 Å². The molecule has 1 heterocycles. The number of benzene rings is 2. The maximum Gasteiger partial charge on any atom is 0.255 e. The van der Waals surface area contributed by atoms with Gasteiger partial charge in [-0.2, -0.15) is 0 Å². The van der Waals surface area contributed by atoms with Gasteiger partial charge in [0.25, 0.3) is 5.91 Å². The number of hydrogen-bond acceptors (Lipinski definition) is 4. The predicted octanol–water partition coefficient (Wildman–Crippen LogP) is 3.21. The van der Waals surface area contributed by atoms with Crippen LogP contribution in [0.5, 0.6) is 11.5 Å². The van der Waals surface area contributed by atoms with E-state index < -0.39 is 0 Å². The highest BCUT2D eigenvalue weighted by molar-refractivity contribution is 6.04. The van der Waals surface area contributed by atoms with E-state index in [0.717, 1.165) is 36.5 Å². The van der Waals surface area contributed by atoms with Gasteiger partial charge >= 0.3 is 0 Å². The van der Waals surface area contributed by atoms with E-state index >= 15 is 0 Å². The first kappa shape index (κ1) is 16.3. The highest BCUT2D eigenvalue weighted by Gasteiger charge is 2.12. The summed E-state index contributed by atoms with van der Waals surface area (Å²) in [6, 6.07) is 12.9. The quantitative estimate of drug-likeness (QED) is 0.886. The van der Waals surface area contributed by atoms with Crippen LogP contribution in [-0.4, -0.2) is 25.7 Å². The Morgan fingerprint density at radius 1 is 1.29 bits per heavy atom. The zero-order valence-electron chi connectivity index (χ0n) is 13.8. The Bertz CT molecular complexity index is 716. The smallest absolute Gasteiger partial charge is 0.255 e. The Hall–Kier alpha value is -2.53. The molecule has 0 atom stereocenters. The molecule has 0 bridgehead atoms. The summed E-state index contributed by atoms with van der Waals surface area (Å²) in [5.41, 5.74) is 2.38. The summed E-state index contributed by atoms with van der Waals surface area (Å²) in [7, 11) is 0. The topological polar surface area (TPSA) is 59.6 Å². The second-order valence-electron chi connectivity index (χ2n) is 5.68. The molecule has 5 nitrogen and oxygen atoms in total. The number of carbonyl (C=O) groups is 1. The third-order valence-electron chi connectivity index (χ3n) is 3.74. The summed E-state index contributed by atoms with van der Waals surface area (Å²) >= 11 is 0. The van der Waals surface area contributed by atoms with Gasteiger partial charge in [-0.05, 0) is 42.8 Å². The van der Waals surface area contributed by atoms with Crippen LogP contribution in [0.25, 0.3) is 0 Å². The van der Waals surface area contributed by atoms with E-state index in [0.29, 0.717) is 24.5 Å². The normalized spacial score (nSPS) is 13.4. The molecule has 0 saturated heterocycles. The van der Waals surface area contributed by atoms with Crippen LogP contribution in [0.2, 0.25) is 0 Å². The molecule has 1 aliphatic rings. The number of fused-ring (bicyclic) bond motifs is 1. The van der Waals surface area contributed by atoms with Gasteiger partial charge in [-0.3, -0.25) is 4.79 Å². The maximum absolute atomic E-state index is 12.5. The van der Waals surface area contributed by atoms with Gasteiger partial charge < -0.3 is 20.1 Å². The van der Waals surface area contributed by atoms with Crippen LogP contribution >= 0.6 is 0 Å². The highest BCUT2D eigenvalue weighted by Crippen LogP contribution is 2.24. The molecule has 0 unspecified atom stereocenters. The first-order valence-corrected chi connectivity index (χ1v) is 8.27. The Morgan fingerprint density at radius 3 is 3.08 bits per heavy atom. The summed E-state index contributed by atoms with van der Waals surface area (Å²) in [6.07, 6.45) is 0.932. The van der Waals surface area contributed by atoms with E-state index in [-0.39, 0.29) is 5.91 Å². The predicted molar refractivity (Wildman–Crippen MR) is 93.8 cm³/mol. The van der Waals surface area contributed by atoms with Crippen molar-refractivity contribution in [2.45, 2.75) is 19.9 Å². The second kappa shape index (κ2) is 7.84. The van der Waals surface area contributed by atoms with Crippen molar-refractivity contribution in [3.8, 4) is 11.5 Å². The van der Waals surface area contributed by atoms with Crippen molar-refractivity contribution in [2.24, 2.45) is 0 Å². The van der Waals surface area contributed by atoms with Crippen molar-refractivity contribution in [1.82, 2.24) is 5.32 Å². The van der Waals surface area contributed by atoms with E-state index in [1.165, 1.54) is 0 Å². The van der Waals surface area contributed by atoms with E-state index in [4.69, 9.17) is 9.47 Å². The average Bonchev–Trinajstić information content (AvgIpc) is 2.85. The first-order chi connectivity index (χ1) is 11.8. The molecule has 0 aliphatic carbocycles. The maximum atomic E-state index is 12.5. The number of nitrogens with one attached hydrogen (secondary N) is 2. The second-order valence-corrected chi connectivity index (χ2v) is 5.68. The minimum atomic E-state index is -0.153. The number of hydrogen-bond donors (Lipinski definition) is 2. The standard InChI is InChI=1S/C19H22N2O3/c1-2-9-23-17-5-3-4-14(12-17)19(22)21-16-6-7-18-15(11-16)13-20-8-10-24-18/h3-7,11-12,20H,2,8-10,13H2,1H3,(H,21,22). The minimum Gasteiger partial charge on any atom is -0.494 e.